The summed E-state index contributed by atoms with van der Waals surface area (Å²) in [5.74, 6) is 0.0937. The predicted molar refractivity (Wildman–Crippen MR) is 105 cm³/mol. The topological polar surface area (TPSA) is 52.7 Å². The highest BCUT2D eigenvalue weighted by molar-refractivity contribution is 6.31. The molecular formula is C20H28ClN3O2. The first-order valence-corrected chi connectivity index (χ1v) is 10.1. The van der Waals surface area contributed by atoms with E-state index in [0.29, 0.717) is 16.3 Å². The zero-order chi connectivity index (χ0) is 18.5. The average molecular weight is 378 g/mol. The van der Waals surface area contributed by atoms with E-state index in [4.69, 9.17) is 11.6 Å². The smallest absolute Gasteiger partial charge is 0.255 e. The van der Waals surface area contributed by atoms with E-state index in [-0.39, 0.29) is 24.4 Å². The molecule has 1 unspecified atom stereocenters. The third-order valence-electron chi connectivity index (χ3n) is 5.41. The van der Waals surface area contributed by atoms with Gasteiger partial charge in [-0.15, -0.1) is 0 Å². The fraction of sp³-hybridized carbons (Fsp3) is 0.600. The largest absolute Gasteiger partial charge is 0.375 e. The van der Waals surface area contributed by atoms with Crippen LogP contribution in [0, 0.1) is 0 Å². The van der Waals surface area contributed by atoms with Crippen molar-refractivity contribution in [3.8, 4) is 0 Å². The lowest BCUT2D eigenvalue weighted by Gasteiger charge is -2.33. The van der Waals surface area contributed by atoms with Crippen molar-refractivity contribution < 1.29 is 9.59 Å². The summed E-state index contributed by atoms with van der Waals surface area (Å²) in [6.07, 6.45) is 6.58. The summed E-state index contributed by atoms with van der Waals surface area (Å²) >= 11 is 6.13. The lowest BCUT2D eigenvalue weighted by atomic mass is 10.0. The standard InChI is InChI=1S/C20H28ClN3O2/c1-15-7-3-6-12-24(15)19(25)14-22-18-13-16(21)8-9-17(18)20(26)23-10-4-2-5-11-23/h8-9,13,15,22H,2-7,10-12,14H2,1H3. The molecule has 6 heteroatoms. The number of benzene rings is 1. The molecule has 2 aliphatic rings. The lowest BCUT2D eigenvalue weighted by molar-refractivity contribution is -0.132. The minimum atomic E-state index is 0.0163. The summed E-state index contributed by atoms with van der Waals surface area (Å²) in [5, 5.41) is 3.73. The van der Waals surface area contributed by atoms with Gasteiger partial charge in [0.1, 0.15) is 0 Å². The number of halogens is 1. The average Bonchev–Trinajstić information content (AvgIpc) is 2.67. The Morgan fingerprint density at radius 2 is 1.85 bits per heavy atom. The number of hydrogen-bond acceptors (Lipinski definition) is 3. The van der Waals surface area contributed by atoms with Crippen LogP contribution in [-0.4, -0.2) is 53.8 Å². The van der Waals surface area contributed by atoms with E-state index in [9.17, 15) is 9.59 Å². The first-order valence-electron chi connectivity index (χ1n) is 9.68. The minimum absolute atomic E-state index is 0.0163. The van der Waals surface area contributed by atoms with Gasteiger partial charge in [-0.2, -0.15) is 0 Å². The molecule has 0 saturated carbocycles. The van der Waals surface area contributed by atoms with E-state index in [2.05, 4.69) is 12.2 Å². The normalized spacial score (nSPS) is 20.8. The van der Waals surface area contributed by atoms with E-state index >= 15 is 0 Å². The van der Waals surface area contributed by atoms with Crippen molar-refractivity contribution in [3.63, 3.8) is 0 Å². The van der Waals surface area contributed by atoms with E-state index in [1.807, 2.05) is 9.80 Å². The van der Waals surface area contributed by atoms with Crippen LogP contribution in [-0.2, 0) is 4.79 Å². The van der Waals surface area contributed by atoms with Gasteiger partial charge < -0.3 is 15.1 Å². The van der Waals surface area contributed by atoms with Crippen molar-refractivity contribution in [3.05, 3.63) is 28.8 Å². The van der Waals surface area contributed by atoms with Crippen LogP contribution >= 0.6 is 11.6 Å². The van der Waals surface area contributed by atoms with Gasteiger partial charge >= 0.3 is 0 Å². The van der Waals surface area contributed by atoms with Crippen molar-refractivity contribution in [1.29, 1.82) is 0 Å². The van der Waals surface area contributed by atoms with Gasteiger partial charge in [0, 0.05) is 36.4 Å². The Morgan fingerprint density at radius 3 is 2.58 bits per heavy atom. The summed E-state index contributed by atoms with van der Waals surface area (Å²) in [7, 11) is 0. The third kappa shape index (κ3) is 4.50. The molecule has 0 spiro atoms. The first kappa shape index (κ1) is 19.0. The molecule has 142 valence electrons. The summed E-state index contributed by atoms with van der Waals surface area (Å²) in [6, 6.07) is 5.52. The summed E-state index contributed by atoms with van der Waals surface area (Å²) in [5.41, 5.74) is 1.24. The Morgan fingerprint density at radius 1 is 1.12 bits per heavy atom. The Hall–Kier alpha value is -1.75. The molecule has 2 heterocycles. The van der Waals surface area contributed by atoms with Crippen molar-refractivity contribution in [2.75, 3.05) is 31.5 Å². The van der Waals surface area contributed by atoms with Crippen molar-refractivity contribution in [2.24, 2.45) is 0 Å². The molecule has 1 N–H and O–H groups in total. The molecule has 0 aliphatic carbocycles. The van der Waals surface area contributed by atoms with Crippen LogP contribution < -0.4 is 5.32 Å². The molecular weight excluding hydrogens is 350 g/mol. The second-order valence-corrected chi connectivity index (χ2v) is 7.76. The number of piperidine rings is 2. The van der Waals surface area contributed by atoms with Gasteiger partial charge in [-0.1, -0.05) is 11.6 Å². The first-order chi connectivity index (χ1) is 12.6. The fourth-order valence-electron chi connectivity index (χ4n) is 3.86. The molecule has 2 fully saturated rings. The Balaban J connectivity index is 1.69. The quantitative estimate of drug-likeness (QED) is 0.868. The van der Waals surface area contributed by atoms with Crippen LogP contribution in [0.4, 0.5) is 5.69 Å². The van der Waals surface area contributed by atoms with E-state index in [1.165, 1.54) is 12.8 Å². The maximum Gasteiger partial charge on any atom is 0.255 e. The highest BCUT2D eigenvalue weighted by atomic mass is 35.5. The minimum Gasteiger partial charge on any atom is -0.375 e. The molecule has 1 aromatic rings. The van der Waals surface area contributed by atoms with Crippen molar-refractivity contribution in [1.82, 2.24) is 9.80 Å². The number of carbonyl (C=O) groups is 2. The van der Waals surface area contributed by atoms with Crippen molar-refractivity contribution in [2.45, 2.75) is 51.5 Å². The number of carbonyl (C=O) groups excluding carboxylic acids is 2. The van der Waals surface area contributed by atoms with Gasteiger partial charge in [0.2, 0.25) is 5.91 Å². The fourth-order valence-corrected chi connectivity index (χ4v) is 4.03. The van der Waals surface area contributed by atoms with E-state index < -0.39 is 0 Å². The van der Waals surface area contributed by atoms with Gasteiger partial charge in [0.25, 0.3) is 5.91 Å². The molecule has 3 rings (SSSR count). The molecule has 5 nitrogen and oxygen atoms in total. The van der Waals surface area contributed by atoms with Gasteiger partial charge in [0.15, 0.2) is 0 Å². The molecule has 0 bridgehead atoms. The number of anilines is 1. The highest BCUT2D eigenvalue weighted by Gasteiger charge is 2.24. The monoisotopic (exact) mass is 377 g/mol. The number of hydrogen-bond donors (Lipinski definition) is 1. The molecule has 2 aliphatic heterocycles. The molecule has 1 atom stereocenters. The SMILES string of the molecule is CC1CCCCN1C(=O)CNc1cc(Cl)ccc1C(=O)N1CCCCC1. The summed E-state index contributed by atoms with van der Waals surface area (Å²) in [6.45, 7) is 4.69. The maximum absolute atomic E-state index is 12.9. The predicted octanol–water partition coefficient (Wildman–Crippen LogP) is 3.78. The van der Waals surface area contributed by atoms with Crippen LogP contribution in [0.15, 0.2) is 18.2 Å². The second kappa shape index (κ2) is 8.76. The zero-order valence-electron chi connectivity index (χ0n) is 15.5. The van der Waals surface area contributed by atoms with Crippen molar-refractivity contribution >= 4 is 29.1 Å². The Bertz CT molecular complexity index is 658. The Labute approximate surface area is 160 Å². The summed E-state index contributed by atoms with van der Waals surface area (Å²) < 4.78 is 0. The molecule has 1 aromatic carbocycles. The molecule has 2 saturated heterocycles. The van der Waals surface area contributed by atoms with Gasteiger partial charge in [-0.25, -0.2) is 0 Å². The van der Waals surface area contributed by atoms with E-state index in [0.717, 1.165) is 45.3 Å². The zero-order valence-corrected chi connectivity index (χ0v) is 16.2. The maximum atomic E-state index is 12.9. The van der Waals surface area contributed by atoms with Crippen LogP contribution in [0.3, 0.4) is 0 Å². The third-order valence-corrected chi connectivity index (χ3v) is 5.64. The summed E-state index contributed by atoms with van der Waals surface area (Å²) in [4.78, 5) is 29.3. The second-order valence-electron chi connectivity index (χ2n) is 7.33. The molecule has 26 heavy (non-hydrogen) atoms. The van der Waals surface area contributed by atoms with Crippen LogP contribution in [0.5, 0.6) is 0 Å². The number of nitrogens with one attached hydrogen (secondary N) is 1. The highest BCUT2D eigenvalue weighted by Crippen LogP contribution is 2.24. The lowest BCUT2D eigenvalue weighted by Crippen LogP contribution is -2.44. The molecule has 0 radical (unpaired) electrons. The van der Waals surface area contributed by atoms with Crippen LogP contribution in [0.1, 0.15) is 55.8 Å². The van der Waals surface area contributed by atoms with Gasteiger partial charge in [-0.3, -0.25) is 9.59 Å². The molecule has 0 aromatic heterocycles. The number of nitrogens with zero attached hydrogens (tertiary/aromatic N) is 2. The number of amides is 2. The van der Waals surface area contributed by atoms with Crippen LogP contribution in [0.25, 0.3) is 0 Å². The molecule has 2 amide bonds. The number of likely N-dealkylation sites (tertiary alicyclic amines) is 2. The van der Waals surface area contributed by atoms with Crippen LogP contribution in [0.2, 0.25) is 5.02 Å². The van der Waals surface area contributed by atoms with Gasteiger partial charge in [-0.05, 0) is 63.6 Å². The van der Waals surface area contributed by atoms with Gasteiger partial charge in [0.05, 0.1) is 12.1 Å². The Kier molecular flexibility index (Phi) is 6.41. The number of rotatable bonds is 4. The van der Waals surface area contributed by atoms with E-state index in [1.54, 1.807) is 18.2 Å².